The Labute approximate surface area is 272 Å². The maximum absolute atomic E-state index is 13.3. The molecule has 13 heteroatoms. The second-order valence-electron chi connectivity index (χ2n) is 8.99. The van der Waals surface area contributed by atoms with E-state index in [0.29, 0.717) is 44.3 Å². The molecule has 0 fully saturated rings. The minimum Gasteiger partial charge on any atom is -0.466 e. The molecule has 0 aliphatic heterocycles. The largest absolute Gasteiger partial charge is 0.466 e. The Morgan fingerprint density at radius 2 is 1.73 bits per heavy atom. The van der Waals surface area contributed by atoms with Gasteiger partial charge in [-0.15, -0.1) is 23.1 Å². The zero-order chi connectivity index (χ0) is 31.5. The number of hydrogen-bond donors (Lipinski definition) is 3. The summed E-state index contributed by atoms with van der Waals surface area (Å²) in [6, 6.07) is 20.2. The summed E-state index contributed by atoms with van der Waals surface area (Å²) in [5.41, 5.74) is 1.86. The lowest BCUT2D eigenvalue weighted by Gasteiger charge is -2.12. The van der Waals surface area contributed by atoms with Crippen molar-refractivity contribution in [2.24, 2.45) is 0 Å². The highest BCUT2D eigenvalue weighted by atomic mass is 35.5. The Hall–Kier alpha value is -4.16. The number of carbonyl (C=O) groups is 4. The normalized spacial score (nSPS) is 11.0. The van der Waals surface area contributed by atoms with Crippen LogP contribution in [0.5, 0.6) is 0 Å². The van der Waals surface area contributed by atoms with Gasteiger partial charge in [-0.1, -0.05) is 47.5 Å². The van der Waals surface area contributed by atoms with Crippen LogP contribution < -0.4 is 16.0 Å². The molecular weight excluding hydrogens is 643 g/mol. The van der Waals surface area contributed by atoms with Crippen LogP contribution >= 0.6 is 46.3 Å². The summed E-state index contributed by atoms with van der Waals surface area (Å²) >= 11 is 14.8. The minimum absolute atomic E-state index is 0.0224. The minimum atomic E-state index is -0.564. The topological polar surface area (TPSA) is 126 Å². The highest BCUT2D eigenvalue weighted by molar-refractivity contribution is 8.00. The molecule has 1 aromatic heterocycles. The summed E-state index contributed by atoms with van der Waals surface area (Å²) in [6.45, 7) is 2.02. The van der Waals surface area contributed by atoms with Gasteiger partial charge in [0.2, 0.25) is 5.91 Å². The molecule has 0 saturated carbocycles. The number of aromatic nitrogens is 1. The molecule has 0 unspecified atom stereocenters. The van der Waals surface area contributed by atoms with Gasteiger partial charge in [-0.2, -0.15) is 0 Å². The van der Waals surface area contributed by atoms with Crippen LogP contribution in [0.4, 0.5) is 10.8 Å². The highest BCUT2D eigenvalue weighted by Gasteiger charge is 2.16. The van der Waals surface area contributed by atoms with E-state index >= 15 is 0 Å². The van der Waals surface area contributed by atoms with Crippen molar-refractivity contribution in [1.82, 2.24) is 10.3 Å². The van der Waals surface area contributed by atoms with Gasteiger partial charge in [0.1, 0.15) is 5.70 Å². The summed E-state index contributed by atoms with van der Waals surface area (Å²) in [6.07, 6.45) is 1.52. The van der Waals surface area contributed by atoms with Crippen LogP contribution in [0, 0.1) is 0 Å². The van der Waals surface area contributed by atoms with E-state index in [2.05, 4.69) is 20.9 Å². The van der Waals surface area contributed by atoms with Gasteiger partial charge >= 0.3 is 5.97 Å². The highest BCUT2D eigenvalue weighted by Crippen LogP contribution is 2.25. The zero-order valence-electron chi connectivity index (χ0n) is 23.3. The fraction of sp³-hybridized carbons (Fsp3) is 0.129. The van der Waals surface area contributed by atoms with E-state index in [1.54, 1.807) is 85.1 Å². The van der Waals surface area contributed by atoms with E-state index in [1.807, 2.05) is 0 Å². The van der Waals surface area contributed by atoms with E-state index in [9.17, 15) is 19.2 Å². The lowest BCUT2D eigenvalue weighted by molar-refractivity contribution is -0.142. The van der Waals surface area contributed by atoms with Gasteiger partial charge in [0.15, 0.2) is 5.13 Å². The molecule has 1 heterocycles. The lowest BCUT2D eigenvalue weighted by atomic mass is 10.1. The first-order chi connectivity index (χ1) is 21.2. The number of benzene rings is 3. The van der Waals surface area contributed by atoms with Crippen molar-refractivity contribution in [1.29, 1.82) is 0 Å². The molecule has 226 valence electrons. The Bertz CT molecular complexity index is 1680. The van der Waals surface area contributed by atoms with Gasteiger partial charge in [0.25, 0.3) is 11.8 Å². The van der Waals surface area contributed by atoms with Gasteiger partial charge in [-0.25, -0.2) is 4.98 Å². The first-order valence-corrected chi connectivity index (χ1v) is 15.8. The predicted molar refractivity (Wildman–Crippen MR) is 175 cm³/mol. The number of halogens is 2. The molecule has 3 amide bonds. The molecule has 3 N–H and O–H groups in total. The summed E-state index contributed by atoms with van der Waals surface area (Å²) in [5.74, 6) is -1.53. The Kier molecular flexibility index (Phi) is 12.0. The van der Waals surface area contributed by atoms with Crippen molar-refractivity contribution in [2.45, 2.75) is 18.2 Å². The number of anilines is 2. The molecule has 0 saturated heterocycles. The first kappa shape index (κ1) is 32.7. The summed E-state index contributed by atoms with van der Waals surface area (Å²) in [4.78, 5) is 55.2. The molecule has 0 spiro atoms. The third-order valence-corrected chi connectivity index (χ3v) is 8.08. The number of thiazole rings is 1. The number of rotatable bonds is 12. The molecule has 44 heavy (non-hydrogen) atoms. The van der Waals surface area contributed by atoms with Crippen molar-refractivity contribution in [2.75, 3.05) is 23.0 Å². The van der Waals surface area contributed by atoms with E-state index < -0.39 is 11.8 Å². The van der Waals surface area contributed by atoms with E-state index in [4.69, 9.17) is 27.9 Å². The van der Waals surface area contributed by atoms with Crippen LogP contribution in [0.15, 0.2) is 88.8 Å². The van der Waals surface area contributed by atoms with Crippen molar-refractivity contribution >= 4 is 86.9 Å². The summed E-state index contributed by atoms with van der Waals surface area (Å²) in [5, 5.41) is 11.0. The number of ether oxygens (including phenoxy) is 1. The number of amides is 3. The summed E-state index contributed by atoms with van der Waals surface area (Å²) < 4.78 is 4.91. The fourth-order valence-electron chi connectivity index (χ4n) is 3.66. The maximum atomic E-state index is 13.3. The second kappa shape index (κ2) is 16.1. The quantitative estimate of drug-likeness (QED) is 0.0871. The van der Waals surface area contributed by atoms with Crippen molar-refractivity contribution in [3.63, 3.8) is 0 Å². The molecule has 0 aliphatic rings. The Morgan fingerprint density at radius 1 is 0.977 bits per heavy atom. The predicted octanol–water partition coefficient (Wildman–Crippen LogP) is 6.70. The molecule has 4 rings (SSSR count). The number of carbonyl (C=O) groups excluding carboxylic acids is 4. The van der Waals surface area contributed by atoms with Gasteiger partial charge < -0.3 is 20.7 Å². The first-order valence-electron chi connectivity index (χ1n) is 13.2. The van der Waals surface area contributed by atoms with E-state index in [1.165, 1.54) is 29.2 Å². The van der Waals surface area contributed by atoms with Crippen LogP contribution in [-0.2, 0) is 25.5 Å². The van der Waals surface area contributed by atoms with Crippen LogP contribution in [-0.4, -0.2) is 41.0 Å². The standard InChI is InChI=1S/C31H26Cl2N4O5S2/c1-2-42-28(39)16-23-17-44-31(35-23)37-27(38)18-43-24-12-10-22(11-13-24)34-30(41)26(14-20-8-9-21(32)15-25(20)33)36-29(40)19-6-4-3-5-7-19/h3-15,17H,2,16,18H2,1H3,(H,34,41)(H,36,40)(H,35,37,38)/b26-14-. The van der Waals surface area contributed by atoms with E-state index in [0.717, 1.165) is 4.90 Å². The number of esters is 1. The van der Waals surface area contributed by atoms with Crippen LogP contribution in [0.1, 0.15) is 28.5 Å². The van der Waals surface area contributed by atoms with Gasteiger partial charge in [0, 0.05) is 31.6 Å². The SMILES string of the molecule is CCOC(=O)Cc1csc(NC(=O)CSc2ccc(NC(=O)/C(=C/c3ccc(Cl)cc3Cl)NC(=O)c3ccccc3)cc2)n1. The number of thioether (sulfide) groups is 1. The smallest absolute Gasteiger partial charge is 0.311 e. The number of nitrogens with one attached hydrogen (secondary N) is 3. The van der Waals surface area contributed by atoms with Crippen molar-refractivity contribution in [3.05, 3.63) is 111 Å². The molecule has 0 radical (unpaired) electrons. The van der Waals surface area contributed by atoms with Crippen molar-refractivity contribution in [3.8, 4) is 0 Å². The molecule has 4 aromatic rings. The molecule has 9 nitrogen and oxygen atoms in total. The Morgan fingerprint density at radius 3 is 2.43 bits per heavy atom. The molecule has 0 bridgehead atoms. The molecule has 0 aliphatic carbocycles. The van der Waals surface area contributed by atoms with Gasteiger partial charge in [-0.3, -0.25) is 19.2 Å². The van der Waals surface area contributed by atoms with E-state index in [-0.39, 0.29) is 29.7 Å². The third-order valence-electron chi connectivity index (χ3n) is 5.70. The Balaban J connectivity index is 1.36. The molecular formula is C31H26Cl2N4O5S2. The van der Waals surface area contributed by atoms with Crippen LogP contribution in [0.3, 0.4) is 0 Å². The van der Waals surface area contributed by atoms with Gasteiger partial charge in [-0.05, 0) is 67.1 Å². The molecule has 0 atom stereocenters. The summed E-state index contributed by atoms with van der Waals surface area (Å²) in [7, 11) is 0. The number of hydrogen-bond acceptors (Lipinski definition) is 8. The van der Waals surface area contributed by atoms with Crippen LogP contribution in [0.2, 0.25) is 10.0 Å². The molecule has 3 aromatic carbocycles. The zero-order valence-corrected chi connectivity index (χ0v) is 26.4. The van der Waals surface area contributed by atoms with Gasteiger partial charge in [0.05, 0.1) is 24.5 Å². The second-order valence-corrected chi connectivity index (χ2v) is 11.7. The fourth-order valence-corrected chi connectivity index (χ4v) is 5.55. The monoisotopic (exact) mass is 668 g/mol. The van der Waals surface area contributed by atoms with Crippen molar-refractivity contribution < 1.29 is 23.9 Å². The average Bonchev–Trinajstić information content (AvgIpc) is 3.44. The van der Waals surface area contributed by atoms with Crippen LogP contribution in [0.25, 0.3) is 6.08 Å². The maximum Gasteiger partial charge on any atom is 0.311 e. The lowest BCUT2D eigenvalue weighted by Crippen LogP contribution is -2.30. The third kappa shape index (κ3) is 9.95. The number of nitrogens with zero attached hydrogens (tertiary/aromatic N) is 1. The average molecular weight is 670 g/mol.